The summed E-state index contributed by atoms with van der Waals surface area (Å²) in [6, 6.07) is 1.62. The normalized spacial score (nSPS) is 16.4. The van der Waals surface area contributed by atoms with Crippen molar-refractivity contribution in [3.8, 4) is 0 Å². The van der Waals surface area contributed by atoms with Crippen LogP contribution in [0.15, 0.2) is 23.0 Å². The molecule has 0 radical (unpaired) electrons. The van der Waals surface area contributed by atoms with Crippen molar-refractivity contribution in [1.29, 1.82) is 0 Å². The van der Waals surface area contributed by atoms with E-state index in [1.165, 1.54) is 12.5 Å². The molecule has 1 saturated heterocycles. The van der Waals surface area contributed by atoms with Gasteiger partial charge in [-0.15, -0.1) is 0 Å². The number of aliphatic hydroxyl groups is 1. The van der Waals surface area contributed by atoms with Crippen molar-refractivity contribution in [2.75, 3.05) is 26.2 Å². The van der Waals surface area contributed by atoms with Gasteiger partial charge in [-0.1, -0.05) is 0 Å². The first-order chi connectivity index (χ1) is 9.20. The number of piperidine rings is 1. The van der Waals surface area contributed by atoms with Gasteiger partial charge >= 0.3 is 0 Å². The minimum Gasteiger partial charge on any atom is -0.472 e. The van der Waals surface area contributed by atoms with Crippen LogP contribution in [0.3, 0.4) is 0 Å². The molecule has 2 N–H and O–H groups in total. The SMILES string of the molecule is O=C(NCC1CCN(C(=O)CO)CC1)c1ccoc1. The Morgan fingerprint density at radius 1 is 1.42 bits per heavy atom. The van der Waals surface area contributed by atoms with Crippen LogP contribution in [0.5, 0.6) is 0 Å². The monoisotopic (exact) mass is 266 g/mol. The zero-order valence-electron chi connectivity index (χ0n) is 10.7. The van der Waals surface area contributed by atoms with Crippen LogP contribution in [-0.2, 0) is 4.79 Å². The topological polar surface area (TPSA) is 82.8 Å². The number of nitrogens with one attached hydrogen (secondary N) is 1. The highest BCUT2D eigenvalue weighted by Gasteiger charge is 2.22. The fraction of sp³-hybridized carbons (Fsp3) is 0.538. The molecule has 6 heteroatoms. The van der Waals surface area contributed by atoms with Gasteiger partial charge < -0.3 is 19.7 Å². The lowest BCUT2D eigenvalue weighted by molar-refractivity contribution is -0.135. The molecule has 0 aromatic carbocycles. The first kappa shape index (κ1) is 13.6. The number of nitrogens with zero attached hydrogens (tertiary/aromatic N) is 1. The van der Waals surface area contributed by atoms with E-state index in [1.54, 1.807) is 11.0 Å². The molecule has 1 aliphatic heterocycles. The zero-order valence-corrected chi connectivity index (χ0v) is 10.7. The first-order valence-electron chi connectivity index (χ1n) is 6.39. The lowest BCUT2D eigenvalue weighted by atomic mass is 9.96. The van der Waals surface area contributed by atoms with Gasteiger partial charge in [0.2, 0.25) is 5.91 Å². The Labute approximate surface area is 111 Å². The molecule has 1 aromatic heterocycles. The van der Waals surface area contributed by atoms with Gasteiger partial charge in [0.05, 0.1) is 11.8 Å². The van der Waals surface area contributed by atoms with Crippen molar-refractivity contribution in [3.05, 3.63) is 24.2 Å². The summed E-state index contributed by atoms with van der Waals surface area (Å²) in [4.78, 5) is 24.7. The molecular weight excluding hydrogens is 248 g/mol. The maximum absolute atomic E-state index is 11.7. The fourth-order valence-electron chi connectivity index (χ4n) is 2.22. The minimum atomic E-state index is -0.429. The predicted molar refractivity (Wildman–Crippen MR) is 67.4 cm³/mol. The van der Waals surface area contributed by atoms with E-state index in [9.17, 15) is 9.59 Å². The van der Waals surface area contributed by atoms with Crippen LogP contribution in [0.1, 0.15) is 23.2 Å². The van der Waals surface area contributed by atoms with E-state index < -0.39 is 6.61 Å². The van der Waals surface area contributed by atoms with Crippen LogP contribution < -0.4 is 5.32 Å². The van der Waals surface area contributed by atoms with E-state index in [2.05, 4.69) is 5.32 Å². The predicted octanol–water partition coefficient (Wildman–Crippen LogP) is 0.240. The van der Waals surface area contributed by atoms with E-state index in [0.717, 1.165) is 12.8 Å². The van der Waals surface area contributed by atoms with Crippen molar-refractivity contribution >= 4 is 11.8 Å². The summed E-state index contributed by atoms with van der Waals surface area (Å²) < 4.78 is 4.85. The van der Waals surface area contributed by atoms with Crippen molar-refractivity contribution < 1.29 is 19.1 Å². The van der Waals surface area contributed by atoms with Gasteiger partial charge in [0, 0.05) is 19.6 Å². The lowest BCUT2D eigenvalue weighted by Gasteiger charge is -2.31. The van der Waals surface area contributed by atoms with E-state index >= 15 is 0 Å². The second-order valence-electron chi connectivity index (χ2n) is 4.70. The second-order valence-corrected chi connectivity index (χ2v) is 4.70. The molecule has 6 nitrogen and oxygen atoms in total. The highest BCUT2D eigenvalue weighted by molar-refractivity contribution is 5.93. The quantitative estimate of drug-likeness (QED) is 0.818. The fourth-order valence-corrected chi connectivity index (χ4v) is 2.22. The van der Waals surface area contributed by atoms with Gasteiger partial charge in [-0.3, -0.25) is 9.59 Å². The number of likely N-dealkylation sites (tertiary alicyclic amines) is 1. The van der Waals surface area contributed by atoms with Crippen molar-refractivity contribution in [2.24, 2.45) is 5.92 Å². The molecule has 1 aromatic rings. The molecule has 0 atom stereocenters. The van der Waals surface area contributed by atoms with Crippen LogP contribution in [-0.4, -0.2) is 48.1 Å². The van der Waals surface area contributed by atoms with Gasteiger partial charge in [0.25, 0.3) is 5.91 Å². The minimum absolute atomic E-state index is 0.136. The molecule has 19 heavy (non-hydrogen) atoms. The first-order valence-corrected chi connectivity index (χ1v) is 6.39. The number of hydrogen-bond donors (Lipinski definition) is 2. The van der Waals surface area contributed by atoms with Crippen LogP contribution in [0.25, 0.3) is 0 Å². The van der Waals surface area contributed by atoms with Gasteiger partial charge in [-0.2, -0.15) is 0 Å². The second kappa shape index (κ2) is 6.38. The number of carbonyl (C=O) groups excluding carboxylic acids is 2. The van der Waals surface area contributed by atoms with Crippen LogP contribution in [0.4, 0.5) is 0 Å². The van der Waals surface area contributed by atoms with Crippen molar-refractivity contribution in [2.45, 2.75) is 12.8 Å². The summed E-state index contributed by atoms with van der Waals surface area (Å²) in [5.74, 6) is 0.0158. The Hall–Kier alpha value is -1.82. The summed E-state index contributed by atoms with van der Waals surface area (Å²) >= 11 is 0. The van der Waals surface area contributed by atoms with E-state index in [-0.39, 0.29) is 11.8 Å². The zero-order chi connectivity index (χ0) is 13.7. The summed E-state index contributed by atoms with van der Waals surface area (Å²) in [5.41, 5.74) is 0.521. The molecule has 2 heterocycles. The van der Waals surface area contributed by atoms with Crippen LogP contribution in [0, 0.1) is 5.92 Å². The van der Waals surface area contributed by atoms with Crippen LogP contribution in [0.2, 0.25) is 0 Å². The molecule has 2 amide bonds. The third kappa shape index (κ3) is 3.57. The standard InChI is InChI=1S/C13H18N2O4/c16-8-12(17)15-4-1-10(2-5-15)7-14-13(18)11-3-6-19-9-11/h3,6,9-10,16H,1-2,4-5,7-8H2,(H,14,18). The lowest BCUT2D eigenvalue weighted by Crippen LogP contribution is -2.42. The van der Waals surface area contributed by atoms with E-state index in [4.69, 9.17) is 9.52 Å². The summed E-state index contributed by atoms with van der Waals surface area (Å²) in [7, 11) is 0. The van der Waals surface area contributed by atoms with Gasteiger partial charge in [-0.05, 0) is 24.8 Å². The molecule has 0 bridgehead atoms. The van der Waals surface area contributed by atoms with E-state index in [1.807, 2.05) is 0 Å². The largest absolute Gasteiger partial charge is 0.472 e. The number of amides is 2. The third-order valence-electron chi connectivity index (χ3n) is 3.44. The Morgan fingerprint density at radius 3 is 2.74 bits per heavy atom. The third-order valence-corrected chi connectivity index (χ3v) is 3.44. The van der Waals surface area contributed by atoms with Gasteiger partial charge in [-0.25, -0.2) is 0 Å². The maximum atomic E-state index is 11.7. The molecule has 1 fully saturated rings. The average molecular weight is 266 g/mol. The maximum Gasteiger partial charge on any atom is 0.254 e. The van der Waals surface area contributed by atoms with E-state index in [0.29, 0.717) is 31.1 Å². The Morgan fingerprint density at radius 2 is 2.16 bits per heavy atom. The summed E-state index contributed by atoms with van der Waals surface area (Å²) in [5, 5.41) is 11.6. The average Bonchev–Trinajstić information content (AvgIpc) is 2.98. The number of hydrogen-bond acceptors (Lipinski definition) is 4. The molecule has 2 rings (SSSR count). The summed E-state index contributed by atoms with van der Waals surface area (Å²) in [6.07, 6.45) is 4.57. The molecule has 1 aliphatic rings. The number of aliphatic hydroxyl groups excluding tert-OH is 1. The molecule has 0 aliphatic carbocycles. The Bertz CT molecular complexity index is 422. The number of rotatable bonds is 4. The molecule has 0 unspecified atom stereocenters. The Balaban J connectivity index is 1.71. The number of carbonyl (C=O) groups is 2. The van der Waals surface area contributed by atoms with Crippen molar-refractivity contribution in [1.82, 2.24) is 10.2 Å². The van der Waals surface area contributed by atoms with Gasteiger partial charge in [0.1, 0.15) is 12.9 Å². The molecule has 104 valence electrons. The van der Waals surface area contributed by atoms with Crippen molar-refractivity contribution in [3.63, 3.8) is 0 Å². The highest BCUT2D eigenvalue weighted by Crippen LogP contribution is 2.16. The Kier molecular flexibility index (Phi) is 4.57. The highest BCUT2D eigenvalue weighted by atomic mass is 16.3. The number of furan rings is 1. The molecule has 0 spiro atoms. The summed E-state index contributed by atoms with van der Waals surface area (Å²) in [6.45, 7) is 1.46. The van der Waals surface area contributed by atoms with Crippen LogP contribution >= 0.6 is 0 Å². The molecule has 0 saturated carbocycles. The smallest absolute Gasteiger partial charge is 0.254 e. The molecular formula is C13H18N2O4. The van der Waals surface area contributed by atoms with Gasteiger partial charge in [0.15, 0.2) is 0 Å².